The predicted molar refractivity (Wildman–Crippen MR) is 104 cm³/mol. The predicted octanol–water partition coefficient (Wildman–Crippen LogP) is -0.194. The first kappa shape index (κ1) is 23.5. The van der Waals surface area contributed by atoms with Crippen molar-refractivity contribution in [3.8, 4) is 0 Å². The minimum atomic E-state index is -0.0698. The Morgan fingerprint density at radius 3 is 2.62 bits per heavy atom. The summed E-state index contributed by atoms with van der Waals surface area (Å²) in [5, 5.41) is 4.46. The van der Waals surface area contributed by atoms with Crippen molar-refractivity contribution in [2.75, 3.05) is 6.16 Å². The summed E-state index contributed by atoms with van der Waals surface area (Å²) in [6.07, 6.45) is 17.4. The first-order valence-corrected chi connectivity index (χ1v) is 10.6. The summed E-state index contributed by atoms with van der Waals surface area (Å²) in [6.45, 7) is 2.32. The zero-order valence-corrected chi connectivity index (χ0v) is 18.5. The standard InChI is InChI=1S/C22H25P.2FH.Zr/c1-2-3-12-23(21-13-17-8-4-5-9-18(17)14-21)22-15-19-10-6-7-11-20(19)16-22;;;/h4-11,13-15,19-20,22H,2-3,12,16H2,1H3;2*1H;/q-2;;;+4/p-2. The molecule has 0 aliphatic heterocycles. The molecule has 1 saturated carbocycles. The van der Waals surface area contributed by atoms with Crippen LogP contribution in [-0.2, 0) is 26.2 Å². The van der Waals surface area contributed by atoms with Crippen LogP contribution in [0.15, 0.2) is 60.7 Å². The van der Waals surface area contributed by atoms with E-state index < -0.39 is 0 Å². The second kappa shape index (κ2) is 10.7. The van der Waals surface area contributed by atoms with E-state index in [4.69, 9.17) is 0 Å². The molecule has 0 N–H and O–H groups in total. The number of fused-ring (bicyclic) bond motifs is 2. The molecule has 0 nitrogen and oxygen atoms in total. The SMILES string of the molecule is CCCCP(c1cc2ccccc2[cH-]1)C1[CH-]C2C=CC=CC2C1.[F-].[F-].[Zr+4]. The third kappa shape index (κ3) is 4.85. The zero-order valence-electron chi connectivity index (χ0n) is 15.1. The maximum atomic E-state index is 2.67. The van der Waals surface area contributed by atoms with Crippen molar-refractivity contribution in [1.82, 2.24) is 0 Å². The Morgan fingerprint density at radius 1 is 1.12 bits per heavy atom. The molecule has 1 fully saturated rings. The molecule has 0 heterocycles. The molecule has 2 aromatic rings. The number of rotatable bonds is 5. The molecule has 2 aliphatic rings. The largest absolute Gasteiger partial charge is 4.00 e. The van der Waals surface area contributed by atoms with Gasteiger partial charge in [-0.25, -0.2) is 0 Å². The number of allylic oxidation sites excluding steroid dienone is 4. The Labute approximate surface area is 176 Å². The smallest absolute Gasteiger partial charge is 1.00 e. The first-order chi connectivity index (χ1) is 11.3. The fraction of sp³-hybridized carbons (Fsp3) is 0.364. The van der Waals surface area contributed by atoms with Crippen molar-refractivity contribution >= 4 is 24.0 Å². The molecule has 4 heteroatoms. The minimum absolute atomic E-state index is 0. The van der Waals surface area contributed by atoms with Gasteiger partial charge in [0.25, 0.3) is 0 Å². The summed E-state index contributed by atoms with van der Waals surface area (Å²) < 4.78 is 0. The molecule has 0 radical (unpaired) electrons. The Balaban J connectivity index is 0.00000113. The van der Waals surface area contributed by atoms with E-state index in [9.17, 15) is 0 Å². The van der Waals surface area contributed by atoms with Crippen LogP contribution in [0.1, 0.15) is 26.2 Å². The Hall–Kier alpha value is -0.517. The van der Waals surface area contributed by atoms with Crippen molar-refractivity contribution in [2.45, 2.75) is 31.8 Å². The van der Waals surface area contributed by atoms with Crippen LogP contribution in [0.3, 0.4) is 0 Å². The van der Waals surface area contributed by atoms with Gasteiger partial charge in [0.2, 0.25) is 0 Å². The summed E-state index contributed by atoms with van der Waals surface area (Å²) in [6, 6.07) is 13.8. The Bertz CT molecular complexity index is 684. The van der Waals surface area contributed by atoms with Crippen molar-refractivity contribution in [3.63, 3.8) is 0 Å². The average Bonchev–Trinajstić information content (AvgIpc) is 3.19. The second-order valence-electron chi connectivity index (χ2n) is 6.90. The summed E-state index contributed by atoms with van der Waals surface area (Å²) in [5.41, 5.74) is 0.788. The molecule has 4 unspecified atom stereocenters. The summed E-state index contributed by atoms with van der Waals surface area (Å²) >= 11 is 0. The van der Waals surface area contributed by atoms with Gasteiger partial charge in [-0.2, -0.15) is 6.07 Å². The molecule has 0 saturated heterocycles. The van der Waals surface area contributed by atoms with Crippen LogP contribution in [-0.4, -0.2) is 11.8 Å². The van der Waals surface area contributed by atoms with E-state index >= 15 is 0 Å². The number of hydrogen-bond donors (Lipinski definition) is 0. The van der Waals surface area contributed by atoms with Crippen LogP contribution in [0.25, 0.3) is 10.8 Å². The molecule has 2 aromatic carbocycles. The minimum Gasteiger partial charge on any atom is -1.00 e. The fourth-order valence-electron chi connectivity index (χ4n) is 4.07. The molecule has 0 spiro atoms. The average molecular weight is 450 g/mol. The summed E-state index contributed by atoms with van der Waals surface area (Å²) in [4.78, 5) is 0. The van der Waals surface area contributed by atoms with Gasteiger partial charge in [-0.15, -0.1) is 65.9 Å². The Morgan fingerprint density at radius 2 is 1.88 bits per heavy atom. The Kier molecular flexibility index (Phi) is 9.70. The number of benzene rings is 1. The van der Waals surface area contributed by atoms with E-state index in [1.165, 1.54) is 36.2 Å². The van der Waals surface area contributed by atoms with E-state index in [0.717, 1.165) is 11.6 Å². The van der Waals surface area contributed by atoms with Gasteiger partial charge in [0, 0.05) is 0 Å². The summed E-state index contributed by atoms with van der Waals surface area (Å²) in [5.74, 6) is 1.43. The van der Waals surface area contributed by atoms with Gasteiger partial charge in [0.15, 0.2) is 0 Å². The van der Waals surface area contributed by atoms with Gasteiger partial charge in [-0.1, -0.05) is 44.1 Å². The first-order valence-electron chi connectivity index (χ1n) is 8.97. The van der Waals surface area contributed by atoms with E-state index in [2.05, 4.69) is 74.0 Å². The topological polar surface area (TPSA) is 0 Å². The monoisotopic (exact) mass is 448 g/mol. The van der Waals surface area contributed by atoms with Crippen LogP contribution in [0, 0.1) is 18.3 Å². The maximum Gasteiger partial charge on any atom is 4.00 e. The second-order valence-corrected chi connectivity index (χ2v) is 9.46. The molecule has 4 rings (SSSR count). The molecule has 0 aromatic heterocycles. The molecule has 136 valence electrons. The molecule has 26 heavy (non-hydrogen) atoms. The molecule has 4 atom stereocenters. The third-order valence-corrected chi connectivity index (χ3v) is 8.25. The normalized spacial score (nSPS) is 24.3. The van der Waals surface area contributed by atoms with Crippen LogP contribution in [0.2, 0.25) is 0 Å². The third-order valence-electron chi connectivity index (χ3n) is 5.34. The van der Waals surface area contributed by atoms with Crippen LogP contribution >= 0.6 is 7.92 Å². The number of hydrogen-bond acceptors (Lipinski definition) is 0. The van der Waals surface area contributed by atoms with Gasteiger partial charge in [0.05, 0.1) is 0 Å². The van der Waals surface area contributed by atoms with Gasteiger partial charge < -0.3 is 15.8 Å². The van der Waals surface area contributed by atoms with Crippen LogP contribution in [0.5, 0.6) is 0 Å². The van der Waals surface area contributed by atoms with Crippen molar-refractivity contribution in [2.24, 2.45) is 11.8 Å². The van der Waals surface area contributed by atoms with E-state index in [0.29, 0.717) is 5.92 Å². The van der Waals surface area contributed by atoms with Crippen LogP contribution < -0.4 is 14.7 Å². The van der Waals surface area contributed by atoms with Crippen molar-refractivity contribution in [3.05, 3.63) is 67.1 Å². The van der Waals surface area contributed by atoms with Gasteiger partial charge in [-0.3, -0.25) is 0 Å². The van der Waals surface area contributed by atoms with E-state index in [1.54, 1.807) is 5.30 Å². The van der Waals surface area contributed by atoms with Gasteiger partial charge in [0.1, 0.15) is 0 Å². The van der Waals surface area contributed by atoms with Crippen LogP contribution in [0.4, 0.5) is 0 Å². The maximum absolute atomic E-state index is 2.67. The molecule has 2 aliphatic carbocycles. The van der Waals surface area contributed by atoms with E-state index in [-0.39, 0.29) is 43.5 Å². The molecular weight excluding hydrogens is 424 g/mol. The van der Waals surface area contributed by atoms with Gasteiger partial charge >= 0.3 is 26.2 Å². The van der Waals surface area contributed by atoms with Crippen molar-refractivity contribution in [1.29, 1.82) is 0 Å². The summed E-state index contributed by atoms with van der Waals surface area (Å²) in [7, 11) is -0.0698. The molecular formula is C22H25F2PZr. The van der Waals surface area contributed by atoms with Gasteiger partial charge in [-0.05, 0) is 18.5 Å². The number of unbranched alkanes of at least 4 members (excludes halogenated alkanes) is 1. The van der Waals surface area contributed by atoms with Crippen molar-refractivity contribution < 1.29 is 35.6 Å². The molecule has 0 bridgehead atoms. The number of halogens is 2. The fourth-order valence-corrected chi connectivity index (χ4v) is 7.22. The van der Waals surface area contributed by atoms with E-state index in [1.807, 2.05) is 0 Å². The molecule has 0 amide bonds. The zero-order chi connectivity index (χ0) is 15.6. The quantitative estimate of drug-likeness (QED) is 0.439.